The number of aromatic amines is 1. The fourth-order valence-corrected chi connectivity index (χ4v) is 2.51. The summed E-state index contributed by atoms with van der Waals surface area (Å²) < 4.78 is 7.48. The molecule has 5 nitrogen and oxygen atoms in total. The number of amides is 1. The fourth-order valence-electron chi connectivity index (χ4n) is 2.25. The van der Waals surface area contributed by atoms with Crippen molar-refractivity contribution in [3.05, 3.63) is 71.1 Å². The number of H-pyrrole nitrogens is 1. The summed E-state index contributed by atoms with van der Waals surface area (Å²) in [6, 6.07) is 12.9. The molecule has 0 aliphatic carbocycles. The van der Waals surface area contributed by atoms with Gasteiger partial charge in [0.2, 0.25) is 0 Å². The maximum absolute atomic E-state index is 12.5. The summed E-state index contributed by atoms with van der Waals surface area (Å²) in [6.07, 6.45) is 3.19. The summed E-state index contributed by atoms with van der Waals surface area (Å²) in [5, 5.41) is 2.90. The third kappa shape index (κ3) is 2.73. The van der Waals surface area contributed by atoms with Gasteiger partial charge in [0.25, 0.3) is 5.91 Å². The molecule has 2 aromatic heterocycles. The summed E-state index contributed by atoms with van der Waals surface area (Å²) in [7, 11) is 0. The van der Waals surface area contributed by atoms with Crippen molar-refractivity contribution in [2.24, 2.45) is 0 Å². The Morgan fingerprint density at radius 1 is 1.27 bits per heavy atom. The number of hydrogen-bond donors (Lipinski definition) is 2. The van der Waals surface area contributed by atoms with E-state index in [1.165, 1.54) is 0 Å². The second kappa shape index (κ2) is 6.03. The van der Waals surface area contributed by atoms with Crippen molar-refractivity contribution >= 4 is 18.1 Å². The van der Waals surface area contributed by atoms with Crippen molar-refractivity contribution < 1.29 is 9.21 Å². The second-order valence-electron chi connectivity index (χ2n) is 4.86. The monoisotopic (exact) mass is 313 g/mol. The first-order valence-electron chi connectivity index (χ1n) is 6.87. The normalized spacial score (nSPS) is 12.0. The lowest BCUT2D eigenvalue weighted by molar-refractivity contribution is 0.0928. The number of nitrogens with zero attached hydrogens (tertiary/aromatic N) is 1. The zero-order valence-corrected chi connectivity index (χ0v) is 12.8. The predicted molar refractivity (Wildman–Crippen MR) is 85.5 cm³/mol. The Bertz CT molecular complexity index is 819. The molecular formula is C16H15N3O2S. The van der Waals surface area contributed by atoms with Gasteiger partial charge in [-0.3, -0.25) is 9.36 Å². The quantitative estimate of drug-likeness (QED) is 0.723. The Morgan fingerprint density at radius 3 is 2.73 bits per heavy atom. The maximum Gasteiger partial charge on any atom is 0.270 e. The van der Waals surface area contributed by atoms with E-state index < -0.39 is 0 Å². The van der Waals surface area contributed by atoms with Crippen molar-refractivity contribution in [3.63, 3.8) is 0 Å². The van der Waals surface area contributed by atoms with Gasteiger partial charge in [-0.25, -0.2) is 0 Å². The summed E-state index contributed by atoms with van der Waals surface area (Å²) in [4.78, 5) is 15.4. The van der Waals surface area contributed by atoms with Gasteiger partial charge in [-0.1, -0.05) is 18.2 Å². The Kier molecular flexibility index (Phi) is 3.93. The number of para-hydroxylation sites is 1. The van der Waals surface area contributed by atoms with Gasteiger partial charge in [-0.15, -0.1) is 0 Å². The molecule has 0 saturated heterocycles. The number of aromatic nitrogens is 2. The zero-order chi connectivity index (χ0) is 15.5. The van der Waals surface area contributed by atoms with Gasteiger partial charge in [0.1, 0.15) is 11.5 Å². The Morgan fingerprint density at radius 2 is 2.05 bits per heavy atom. The predicted octanol–water partition coefficient (Wildman–Crippen LogP) is 3.62. The zero-order valence-electron chi connectivity index (χ0n) is 11.9. The average molecular weight is 313 g/mol. The van der Waals surface area contributed by atoms with Crippen molar-refractivity contribution in [1.29, 1.82) is 0 Å². The fraction of sp³-hybridized carbons (Fsp3) is 0.125. The third-order valence-corrected chi connectivity index (χ3v) is 3.64. The van der Waals surface area contributed by atoms with Crippen LogP contribution in [0.25, 0.3) is 5.69 Å². The number of rotatable bonds is 4. The Balaban J connectivity index is 1.90. The maximum atomic E-state index is 12.5. The molecule has 0 bridgehead atoms. The topological polar surface area (TPSA) is 63.0 Å². The highest BCUT2D eigenvalue weighted by atomic mass is 32.1. The molecule has 0 fully saturated rings. The highest BCUT2D eigenvalue weighted by Crippen LogP contribution is 2.16. The number of furan rings is 1. The van der Waals surface area contributed by atoms with Crippen LogP contribution < -0.4 is 5.32 Å². The largest absolute Gasteiger partial charge is 0.467 e. The molecule has 1 aromatic carbocycles. The van der Waals surface area contributed by atoms with Crippen molar-refractivity contribution in [1.82, 2.24) is 14.9 Å². The summed E-state index contributed by atoms with van der Waals surface area (Å²) in [5.41, 5.74) is 1.29. The van der Waals surface area contributed by atoms with Crippen LogP contribution in [0.3, 0.4) is 0 Å². The van der Waals surface area contributed by atoms with Crippen LogP contribution >= 0.6 is 12.2 Å². The van der Waals surface area contributed by atoms with E-state index in [9.17, 15) is 4.79 Å². The lowest BCUT2D eigenvalue weighted by Gasteiger charge is -2.13. The molecule has 1 amide bonds. The van der Waals surface area contributed by atoms with E-state index in [-0.39, 0.29) is 11.9 Å². The number of benzene rings is 1. The van der Waals surface area contributed by atoms with Gasteiger partial charge in [0.15, 0.2) is 4.77 Å². The molecule has 2 heterocycles. The van der Waals surface area contributed by atoms with Gasteiger partial charge in [-0.2, -0.15) is 0 Å². The first-order valence-corrected chi connectivity index (χ1v) is 7.28. The molecule has 0 spiro atoms. The summed E-state index contributed by atoms with van der Waals surface area (Å²) in [6.45, 7) is 1.87. The van der Waals surface area contributed by atoms with Crippen LogP contribution in [0.4, 0.5) is 0 Å². The van der Waals surface area contributed by atoms with Crippen LogP contribution in [0.1, 0.15) is 29.2 Å². The molecule has 1 atom stereocenters. The second-order valence-corrected chi connectivity index (χ2v) is 5.25. The van der Waals surface area contributed by atoms with Crippen molar-refractivity contribution in [2.75, 3.05) is 0 Å². The molecule has 3 aromatic rings. The minimum atomic E-state index is -0.227. The third-order valence-electron chi connectivity index (χ3n) is 3.34. The van der Waals surface area contributed by atoms with E-state index in [2.05, 4.69) is 10.3 Å². The average Bonchev–Trinajstić information content (AvgIpc) is 3.17. The smallest absolute Gasteiger partial charge is 0.270 e. The first-order chi connectivity index (χ1) is 10.7. The molecule has 22 heavy (non-hydrogen) atoms. The highest BCUT2D eigenvalue weighted by Gasteiger charge is 2.18. The number of carbonyl (C=O) groups is 1. The van der Waals surface area contributed by atoms with E-state index in [4.69, 9.17) is 16.6 Å². The highest BCUT2D eigenvalue weighted by molar-refractivity contribution is 7.71. The van der Waals surface area contributed by atoms with Crippen LogP contribution in [-0.4, -0.2) is 15.5 Å². The number of hydrogen-bond acceptors (Lipinski definition) is 3. The van der Waals surface area contributed by atoms with E-state index in [1.807, 2.05) is 43.3 Å². The van der Waals surface area contributed by atoms with Gasteiger partial charge in [-0.05, 0) is 43.4 Å². The van der Waals surface area contributed by atoms with Gasteiger partial charge in [0.05, 0.1) is 12.3 Å². The number of nitrogens with one attached hydrogen (secondary N) is 2. The Labute approximate surface area is 132 Å². The van der Waals surface area contributed by atoms with E-state index >= 15 is 0 Å². The summed E-state index contributed by atoms with van der Waals surface area (Å²) >= 11 is 5.28. The molecule has 0 saturated carbocycles. The van der Waals surface area contributed by atoms with Gasteiger partial charge in [0, 0.05) is 11.9 Å². The van der Waals surface area contributed by atoms with Gasteiger partial charge >= 0.3 is 0 Å². The molecule has 3 rings (SSSR count). The van der Waals surface area contributed by atoms with Crippen LogP contribution in [0, 0.1) is 4.77 Å². The lowest BCUT2D eigenvalue weighted by atomic mass is 10.2. The standard InChI is InChI=1S/C16H15N3O2S/c1-11(14-8-5-9-21-14)18-15(20)13-10-17-16(22)19(13)12-6-3-2-4-7-12/h2-11H,1H3,(H,17,22)(H,18,20). The Hall–Kier alpha value is -2.60. The number of carbonyl (C=O) groups excluding carboxylic acids is 1. The van der Waals surface area contributed by atoms with E-state index in [0.29, 0.717) is 16.2 Å². The minimum absolute atomic E-state index is 0.222. The minimum Gasteiger partial charge on any atom is -0.467 e. The van der Waals surface area contributed by atoms with Crippen LogP contribution in [-0.2, 0) is 0 Å². The van der Waals surface area contributed by atoms with Crippen LogP contribution in [0.2, 0.25) is 0 Å². The number of imidazole rings is 1. The van der Waals surface area contributed by atoms with Crippen LogP contribution in [0.5, 0.6) is 0 Å². The van der Waals surface area contributed by atoms with Crippen molar-refractivity contribution in [3.8, 4) is 5.69 Å². The SMILES string of the molecule is CC(NC(=O)c1c[nH]c(=S)n1-c1ccccc1)c1ccco1. The molecule has 0 aliphatic rings. The van der Waals surface area contributed by atoms with Crippen LogP contribution in [0.15, 0.2) is 59.3 Å². The lowest BCUT2D eigenvalue weighted by Crippen LogP contribution is -2.28. The van der Waals surface area contributed by atoms with Gasteiger partial charge < -0.3 is 14.7 Å². The molecule has 1 unspecified atom stereocenters. The molecular weight excluding hydrogens is 298 g/mol. The van der Waals surface area contributed by atoms with E-state index in [0.717, 1.165) is 5.69 Å². The summed E-state index contributed by atoms with van der Waals surface area (Å²) in [5.74, 6) is 0.480. The molecule has 2 N–H and O–H groups in total. The molecule has 6 heteroatoms. The van der Waals surface area contributed by atoms with E-state index in [1.54, 1.807) is 23.1 Å². The first kappa shape index (κ1) is 14.3. The van der Waals surface area contributed by atoms with Crippen molar-refractivity contribution in [2.45, 2.75) is 13.0 Å². The molecule has 112 valence electrons. The molecule has 0 radical (unpaired) electrons. The molecule has 0 aliphatic heterocycles.